The molecule has 4 heterocycles. The van der Waals surface area contributed by atoms with Crippen molar-refractivity contribution in [1.82, 2.24) is 14.5 Å². The Hall–Kier alpha value is -3.87. The number of rotatable bonds is 6. The van der Waals surface area contributed by atoms with E-state index in [1.54, 1.807) is 29.2 Å². The van der Waals surface area contributed by atoms with Gasteiger partial charge in [-0.05, 0) is 25.3 Å². The molecule has 2 amide bonds. The number of hydroxylamine groups is 2. The number of pyridine rings is 1. The van der Waals surface area contributed by atoms with Crippen LogP contribution in [-0.4, -0.2) is 50.0 Å². The molecule has 226 valence electrons. The zero-order valence-corrected chi connectivity index (χ0v) is 23.8. The topological polar surface area (TPSA) is 107 Å². The van der Waals surface area contributed by atoms with Gasteiger partial charge in [-0.1, -0.05) is 30.3 Å². The van der Waals surface area contributed by atoms with Gasteiger partial charge in [-0.15, -0.1) is 11.6 Å². The molecule has 1 spiro atoms. The fourth-order valence-corrected chi connectivity index (χ4v) is 6.61. The van der Waals surface area contributed by atoms with E-state index in [0.29, 0.717) is 25.0 Å². The first kappa shape index (κ1) is 29.2. The van der Waals surface area contributed by atoms with Crippen molar-refractivity contribution in [2.24, 2.45) is 5.73 Å². The molecule has 2 saturated heterocycles. The molecule has 2 bridgehead atoms. The van der Waals surface area contributed by atoms with Gasteiger partial charge in [0.05, 0.1) is 12.6 Å². The lowest BCUT2D eigenvalue weighted by molar-refractivity contribution is -0.221. The molecule has 13 heteroatoms. The molecule has 9 nitrogen and oxygen atoms in total. The molecule has 0 saturated carbocycles. The number of nitrogens with two attached hydrogens (primary N) is 1. The van der Waals surface area contributed by atoms with Crippen molar-refractivity contribution in [2.45, 2.75) is 62.5 Å². The molecule has 2 N–H and O–H groups in total. The molecule has 2 aromatic carbocycles. The molecule has 4 atom stereocenters. The van der Waals surface area contributed by atoms with Gasteiger partial charge in [-0.25, -0.2) is 13.2 Å². The van der Waals surface area contributed by atoms with E-state index >= 15 is 0 Å². The smallest absolute Gasteiger partial charge is 0.274 e. The van der Waals surface area contributed by atoms with Gasteiger partial charge in [0.25, 0.3) is 11.8 Å². The fraction of sp³-hybridized carbons (Fsp3) is 0.367. The van der Waals surface area contributed by atoms with Crippen LogP contribution in [0.25, 0.3) is 0 Å². The number of hydrogen-bond donors (Lipinski definition) is 1. The Morgan fingerprint density at radius 3 is 2.53 bits per heavy atom. The van der Waals surface area contributed by atoms with Crippen molar-refractivity contribution in [3.05, 3.63) is 98.7 Å². The lowest BCUT2D eigenvalue weighted by atomic mass is 9.85. The number of hydrogen-bond acceptors (Lipinski definition) is 6. The fourth-order valence-electron chi connectivity index (χ4n) is 6.24. The lowest BCUT2D eigenvalue weighted by Crippen LogP contribution is -2.52. The zero-order valence-electron chi connectivity index (χ0n) is 23.1. The van der Waals surface area contributed by atoms with Gasteiger partial charge in [-0.2, -0.15) is 5.06 Å². The Kier molecular flexibility index (Phi) is 7.47. The van der Waals surface area contributed by atoms with Crippen LogP contribution in [0.2, 0.25) is 0 Å². The second kappa shape index (κ2) is 11.0. The molecular weight excluding hydrogens is 589 g/mol. The SMILES string of the molecule is C[C@H]1CC[C@]2(CC(Cl)N(Cc3c(F)cc(F)cc3F)O2)[C@H]2CN1C(=O)c1c(OCc3ccccc3)c(=O)c(C(N)=O)cn12. The Morgan fingerprint density at radius 1 is 1.16 bits per heavy atom. The third-order valence-electron chi connectivity index (χ3n) is 8.52. The minimum atomic E-state index is -1.11. The van der Waals surface area contributed by atoms with Crippen LogP contribution < -0.4 is 15.9 Å². The molecule has 1 unspecified atom stereocenters. The highest BCUT2D eigenvalue weighted by Gasteiger charge is 2.56. The van der Waals surface area contributed by atoms with Crippen molar-refractivity contribution < 1.29 is 32.3 Å². The van der Waals surface area contributed by atoms with E-state index in [2.05, 4.69) is 0 Å². The third-order valence-corrected chi connectivity index (χ3v) is 8.89. The predicted octanol–water partition coefficient (Wildman–Crippen LogP) is 4.26. The molecule has 0 radical (unpaired) electrons. The predicted molar refractivity (Wildman–Crippen MR) is 149 cm³/mol. The van der Waals surface area contributed by atoms with Gasteiger partial charge in [0.2, 0.25) is 5.43 Å². The molecule has 43 heavy (non-hydrogen) atoms. The first-order chi connectivity index (χ1) is 20.5. The summed E-state index contributed by atoms with van der Waals surface area (Å²) in [6, 6.07) is 9.22. The molecule has 3 aliphatic rings. The maximum absolute atomic E-state index is 14.5. The minimum absolute atomic E-state index is 0.0488. The lowest BCUT2D eigenvalue weighted by Gasteiger charge is -2.43. The van der Waals surface area contributed by atoms with E-state index in [1.165, 1.54) is 15.8 Å². The van der Waals surface area contributed by atoms with E-state index in [4.69, 9.17) is 26.9 Å². The van der Waals surface area contributed by atoms with E-state index in [9.17, 15) is 27.6 Å². The van der Waals surface area contributed by atoms with Gasteiger partial charge < -0.3 is 19.9 Å². The highest BCUT2D eigenvalue weighted by molar-refractivity contribution is 6.20. The Labute approximate surface area is 249 Å². The van der Waals surface area contributed by atoms with Gasteiger partial charge in [0.15, 0.2) is 11.4 Å². The number of ether oxygens (including phenoxy) is 1. The molecule has 1 aromatic heterocycles. The molecule has 6 rings (SSSR count). The maximum Gasteiger partial charge on any atom is 0.274 e. The number of primary amides is 1. The van der Waals surface area contributed by atoms with Gasteiger partial charge in [-0.3, -0.25) is 19.2 Å². The number of carbonyl (C=O) groups excluding carboxylic acids is 2. The van der Waals surface area contributed by atoms with Crippen molar-refractivity contribution in [3.8, 4) is 5.75 Å². The number of alkyl halides is 1. The summed E-state index contributed by atoms with van der Waals surface area (Å²) < 4.78 is 50.1. The van der Waals surface area contributed by atoms with Gasteiger partial charge >= 0.3 is 0 Å². The van der Waals surface area contributed by atoms with Crippen LogP contribution in [0, 0.1) is 17.5 Å². The van der Waals surface area contributed by atoms with Crippen molar-refractivity contribution in [2.75, 3.05) is 6.54 Å². The summed E-state index contributed by atoms with van der Waals surface area (Å²) in [5, 5.41) is 1.24. The monoisotopic (exact) mass is 616 g/mol. The number of benzene rings is 2. The number of carbonyl (C=O) groups is 2. The normalized spacial score (nSPS) is 25.1. The average Bonchev–Trinajstić information content (AvgIpc) is 3.22. The van der Waals surface area contributed by atoms with Crippen molar-refractivity contribution in [1.29, 1.82) is 0 Å². The summed E-state index contributed by atoms with van der Waals surface area (Å²) in [4.78, 5) is 47.9. The summed E-state index contributed by atoms with van der Waals surface area (Å²) in [6.45, 7) is 1.56. The maximum atomic E-state index is 14.5. The molecular formula is C30H28ClF3N4O5. The highest BCUT2D eigenvalue weighted by Crippen LogP contribution is 2.49. The van der Waals surface area contributed by atoms with Crippen LogP contribution in [0.3, 0.4) is 0 Å². The van der Waals surface area contributed by atoms with Crippen molar-refractivity contribution in [3.63, 3.8) is 0 Å². The first-order valence-electron chi connectivity index (χ1n) is 13.8. The molecule has 3 aliphatic heterocycles. The van der Waals surface area contributed by atoms with E-state index in [1.807, 2.05) is 13.0 Å². The molecule has 2 fully saturated rings. The highest BCUT2D eigenvalue weighted by atomic mass is 35.5. The Morgan fingerprint density at radius 2 is 1.86 bits per heavy atom. The number of amides is 2. The first-order valence-corrected chi connectivity index (χ1v) is 14.2. The van der Waals surface area contributed by atoms with E-state index in [-0.39, 0.29) is 42.6 Å². The number of fused-ring (bicyclic) bond motifs is 5. The zero-order chi connectivity index (χ0) is 30.6. The van der Waals surface area contributed by atoms with Gasteiger partial charge in [0.1, 0.15) is 40.7 Å². The quantitative estimate of drug-likeness (QED) is 0.328. The van der Waals surface area contributed by atoms with E-state index in [0.717, 1.165) is 5.56 Å². The molecule has 3 aromatic rings. The van der Waals surface area contributed by atoms with E-state index < -0.39 is 63.9 Å². The average molecular weight is 617 g/mol. The Bertz CT molecular complexity index is 1650. The van der Waals surface area contributed by atoms with Crippen LogP contribution in [0.4, 0.5) is 13.2 Å². The summed E-state index contributed by atoms with van der Waals surface area (Å²) in [5.41, 5.74) is 2.71. The van der Waals surface area contributed by atoms with Crippen molar-refractivity contribution >= 4 is 23.4 Å². The van der Waals surface area contributed by atoms with Crippen LogP contribution >= 0.6 is 11.6 Å². The number of nitrogens with zero attached hydrogens (tertiary/aromatic N) is 3. The van der Waals surface area contributed by atoms with Crippen LogP contribution in [0.5, 0.6) is 5.75 Å². The van der Waals surface area contributed by atoms with Crippen LogP contribution in [-0.2, 0) is 18.0 Å². The minimum Gasteiger partial charge on any atom is -0.483 e. The Balaban J connectivity index is 1.44. The summed E-state index contributed by atoms with van der Waals surface area (Å²) in [5.74, 6) is -4.97. The summed E-state index contributed by atoms with van der Waals surface area (Å²) in [6.07, 6.45) is 2.30. The van der Waals surface area contributed by atoms with Gasteiger partial charge in [0, 0.05) is 42.9 Å². The number of aromatic nitrogens is 1. The third kappa shape index (κ3) is 5.07. The summed E-state index contributed by atoms with van der Waals surface area (Å²) in [7, 11) is 0. The second-order valence-corrected chi connectivity index (χ2v) is 11.7. The standard InChI is InChI=1S/C30H28ClF3N4O5/c1-16-7-8-30(11-24(31)38(43-30)13-19-21(33)9-18(32)10-22(19)34)23-14-36(16)29(41)25-27(42-15-17-5-3-2-4-6-17)26(39)20(28(35)40)12-37(23)25/h2-6,9-10,12,16,23-24H,7-8,11,13-15H2,1H3,(H2,35,40)/t16-,23+,24?,30-/m0/s1. The molecule has 0 aliphatic carbocycles. The largest absolute Gasteiger partial charge is 0.483 e. The van der Waals surface area contributed by atoms with Crippen LogP contribution in [0.1, 0.15) is 64.2 Å². The summed E-state index contributed by atoms with van der Waals surface area (Å²) >= 11 is 6.71. The van der Waals surface area contributed by atoms with Crippen LogP contribution in [0.15, 0.2) is 53.5 Å². The number of halogens is 4. The second-order valence-electron chi connectivity index (χ2n) is 11.2.